The van der Waals surface area contributed by atoms with Gasteiger partial charge < -0.3 is 0 Å². The van der Waals surface area contributed by atoms with Crippen molar-refractivity contribution in [3.05, 3.63) is 0 Å². The molecule has 0 aromatic carbocycles. The van der Waals surface area contributed by atoms with Crippen LogP contribution in [0.4, 0.5) is 8.92 Å². The maximum Gasteiger partial charge on any atom is 0.382 e. The molecule has 0 saturated carbocycles. The first kappa shape index (κ1) is 6.33. The molecule has 0 aromatic rings. The Balaban J connectivity index is 3.35. The van der Waals surface area contributed by atoms with Gasteiger partial charge in [0.15, 0.2) is 6.17 Å². The molecule has 42 valence electrons. The number of rotatable bonds is 1. The maximum atomic E-state index is 11.4. The third-order valence-corrected chi connectivity index (χ3v) is 0.401. The van der Waals surface area contributed by atoms with E-state index in [0.717, 1.165) is 6.92 Å². The van der Waals surface area contributed by atoms with Crippen molar-refractivity contribution in [1.29, 1.82) is 0 Å². The predicted octanol–water partition coefficient (Wildman–Crippen LogP) is 0.772. The van der Waals surface area contributed by atoms with Gasteiger partial charge >= 0.3 is 5.97 Å². The zero-order valence-corrected chi connectivity index (χ0v) is 3.65. The topological polar surface area (TPSA) is 26.3 Å². The molecule has 1 atom stereocenters. The Morgan fingerprint density at radius 3 is 2.29 bits per heavy atom. The molecule has 0 aliphatic rings. The fourth-order valence-corrected chi connectivity index (χ4v) is 0.0614. The Bertz CT molecular complexity index is 71.3. The van der Waals surface area contributed by atoms with Crippen LogP contribution in [0.3, 0.4) is 0 Å². The summed E-state index contributed by atoms with van der Waals surface area (Å²) in [5, 5.41) is 0. The van der Waals surface area contributed by atoms with Gasteiger partial charge in [-0.1, -0.05) is 0 Å². The van der Waals surface area contributed by atoms with Crippen molar-refractivity contribution in [2.24, 2.45) is 0 Å². The minimum absolute atomic E-state index is 0.891. The summed E-state index contributed by atoms with van der Waals surface area (Å²) in [5.41, 5.74) is 0. The summed E-state index contributed by atoms with van der Waals surface area (Å²) in [6.07, 6.45) is -1.87. The van der Waals surface area contributed by atoms with Crippen molar-refractivity contribution in [2.75, 3.05) is 0 Å². The monoisotopic (exact) mass is 110 g/mol. The third-order valence-electron chi connectivity index (χ3n) is 0.401. The molecule has 1 unspecified atom stereocenters. The highest BCUT2D eigenvalue weighted by atomic mass is 19.3. The van der Waals surface area contributed by atoms with Crippen LogP contribution in [-0.2, 0) is 9.74 Å². The van der Waals surface area contributed by atoms with Gasteiger partial charge in [-0.15, -0.1) is 0 Å². The molecule has 0 amide bonds. The molecule has 0 fully saturated rings. The van der Waals surface area contributed by atoms with Crippen LogP contribution in [0.1, 0.15) is 6.92 Å². The molecule has 2 nitrogen and oxygen atoms in total. The summed E-state index contributed by atoms with van der Waals surface area (Å²) in [4.78, 5) is 12.0. The van der Waals surface area contributed by atoms with Crippen LogP contribution in [0.25, 0.3) is 0 Å². The molecular formula is C3H4F2O2. The molecular weight excluding hydrogens is 106 g/mol. The fraction of sp³-hybridized carbons (Fsp3) is 0.667. The molecule has 0 aromatic heterocycles. The average molecular weight is 110 g/mol. The van der Waals surface area contributed by atoms with Gasteiger partial charge in [0, 0.05) is 4.53 Å². The minimum atomic E-state index is -1.87. The predicted molar refractivity (Wildman–Crippen MR) is 17.8 cm³/mol. The van der Waals surface area contributed by atoms with Gasteiger partial charge in [-0.2, -0.15) is 0 Å². The van der Waals surface area contributed by atoms with Crippen LogP contribution < -0.4 is 0 Å². The lowest BCUT2D eigenvalue weighted by Gasteiger charge is -1.89. The van der Waals surface area contributed by atoms with Crippen molar-refractivity contribution in [3.63, 3.8) is 0 Å². The highest BCUT2D eigenvalue weighted by molar-refractivity contribution is 5.73. The van der Waals surface area contributed by atoms with E-state index in [0.29, 0.717) is 0 Å². The standard InChI is InChI=1S/C3H4F2O2/c1-2(4)3(6)7-5/h2H,1H3. The van der Waals surface area contributed by atoms with E-state index in [1.807, 2.05) is 0 Å². The molecule has 4 heteroatoms. The van der Waals surface area contributed by atoms with Gasteiger partial charge in [-0.3, -0.25) is 4.94 Å². The summed E-state index contributed by atoms with van der Waals surface area (Å²) >= 11 is 0. The van der Waals surface area contributed by atoms with Gasteiger partial charge in [0.05, 0.1) is 0 Å². The first-order chi connectivity index (χ1) is 3.18. The Labute approximate surface area is 39.0 Å². The van der Waals surface area contributed by atoms with Crippen LogP contribution in [-0.4, -0.2) is 12.1 Å². The molecule has 0 saturated heterocycles. The molecule has 0 rings (SSSR count). The lowest BCUT2D eigenvalue weighted by Crippen LogP contribution is -2.10. The Morgan fingerprint density at radius 2 is 2.29 bits per heavy atom. The van der Waals surface area contributed by atoms with Crippen LogP contribution in [0.5, 0.6) is 0 Å². The lowest BCUT2D eigenvalue weighted by atomic mass is 10.5. The highest BCUT2D eigenvalue weighted by Crippen LogP contribution is 1.90. The zero-order chi connectivity index (χ0) is 5.86. The second kappa shape index (κ2) is 2.49. The van der Waals surface area contributed by atoms with Crippen LogP contribution >= 0.6 is 0 Å². The Hall–Kier alpha value is -0.670. The molecule has 0 radical (unpaired) electrons. The van der Waals surface area contributed by atoms with E-state index in [9.17, 15) is 13.7 Å². The van der Waals surface area contributed by atoms with Gasteiger partial charge in [-0.25, -0.2) is 9.18 Å². The molecule has 0 bridgehead atoms. The molecule has 0 N–H and O–H groups in total. The summed E-state index contributed by atoms with van der Waals surface area (Å²) < 4.78 is 21.9. The highest BCUT2D eigenvalue weighted by Gasteiger charge is 2.11. The van der Waals surface area contributed by atoms with Crippen molar-refractivity contribution in [2.45, 2.75) is 13.1 Å². The van der Waals surface area contributed by atoms with E-state index in [1.165, 1.54) is 0 Å². The lowest BCUT2D eigenvalue weighted by molar-refractivity contribution is -0.189. The van der Waals surface area contributed by atoms with E-state index < -0.39 is 12.1 Å². The summed E-state index contributed by atoms with van der Waals surface area (Å²) in [6.45, 7) is 0.891. The largest absolute Gasteiger partial charge is 0.382 e. The third kappa shape index (κ3) is 2.08. The Morgan fingerprint density at radius 1 is 1.86 bits per heavy atom. The van der Waals surface area contributed by atoms with Crippen molar-refractivity contribution >= 4 is 5.97 Å². The fourth-order valence-electron chi connectivity index (χ4n) is 0.0614. The van der Waals surface area contributed by atoms with Crippen LogP contribution in [0.2, 0.25) is 0 Å². The van der Waals surface area contributed by atoms with Crippen LogP contribution in [0.15, 0.2) is 0 Å². The molecule has 0 spiro atoms. The van der Waals surface area contributed by atoms with Gasteiger partial charge in [0.25, 0.3) is 0 Å². The summed E-state index contributed by atoms with van der Waals surface area (Å²) in [7, 11) is 0. The van der Waals surface area contributed by atoms with Crippen molar-refractivity contribution in [1.82, 2.24) is 0 Å². The Kier molecular flexibility index (Phi) is 2.26. The van der Waals surface area contributed by atoms with Crippen molar-refractivity contribution < 1.29 is 18.7 Å². The minimum Gasteiger partial charge on any atom is -0.252 e. The van der Waals surface area contributed by atoms with Crippen molar-refractivity contribution in [3.8, 4) is 0 Å². The maximum absolute atomic E-state index is 11.4. The second-order valence-corrected chi connectivity index (χ2v) is 1.01. The zero-order valence-electron chi connectivity index (χ0n) is 3.65. The van der Waals surface area contributed by atoms with E-state index in [1.54, 1.807) is 0 Å². The SMILES string of the molecule is CC(F)C(=O)OF. The number of alkyl halides is 1. The smallest absolute Gasteiger partial charge is 0.252 e. The number of hydrogen-bond donors (Lipinski definition) is 0. The number of carbonyl (C=O) groups excluding carboxylic acids is 1. The first-order valence-electron chi connectivity index (χ1n) is 1.65. The molecule has 0 heterocycles. The molecule has 0 aliphatic heterocycles. The number of hydrogen-bond acceptors (Lipinski definition) is 2. The summed E-state index contributed by atoms with van der Waals surface area (Å²) in [5.74, 6) is -1.49. The van der Waals surface area contributed by atoms with Gasteiger partial charge in [-0.05, 0) is 6.92 Å². The average Bonchev–Trinajstić information content (AvgIpc) is 1.65. The van der Waals surface area contributed by atoms with Gasteiger partial charge in [0.2, 0.25) is 0 Å². The molecule has 7 heavy (non-hydrogen) atoms. The van der Waals surface area contributed by atoms with E-state index >= 15 is 0 Å². The van der Waals surface area contributed by atoms with E-state index in [4.69, 9.17) is 0 Å². The van der Waals surface area contributed by atoms with E-state index in [-0.39, 0.29) is 0 Å². The van der Waals surface area contributed by atoms with E-state index in [2.05, 4.69) is 4.94 Å². The second-order valence-electron chi connectivity index (χ2n) is 1.01. The summed E-state index contributed by atoms with van der Waals surface area (Å²) in [6, 6.07) is 0. The van der Waals surface area contributed by atoms with Gasteiger partial charge in [0.1, 0.15) is 0 Å². The molecule has 0 aliphatic carbocycles. The normalized spacial score (nSPS) is 13.0. The first-order valence-corrected chi connectivity index (χ1v) is 1.65. The van der Waals surface area contributed by atoms with Crippen LogP contribution in [0, 0.1) is 0 Å². The quantitative estimate of drug-likeness (QED) is 0.498. The number of halogens is 2. The number of carbonyl (C=O) groups is 1.